The summed E-state index contributed by atoms with van der Waals surface area (Å²) >= 11 is 7.82. The van der Waals surface area contributed by atoms with E-state index in [0.717, 1.165) is 20.5 Å². The van der Waals surface area contributed by atoms with Gasteiger partial charge in [0.05, 0.1) is 10.9 Å². The minimum absolute atomic E-state index is 0.0250. The van der Waals surface area contributed by atoms with Gasteiger partial charge in [0.15, 0.2) is 0 Å². The molecule has 1 amide bonds. The monoisotopic (exact) mass is 358 g/mol. The third-order valence-electron chi connectivity index (χ3n) is 3.99. The average Bonchev–Trinajstić information content (AvgIpc) is 3.00. The highest BCUT2D eigenvalue weighted by Gasteiger charge is 2.19. The average molecular weight is 359 g/mol. The maximum absolute atomic E-state index is 12.5. The van der Waals surface area contributed by atoms with Gasteiger partial charge >= 0.3 is 0 Å². The van der Waals surface area contributed by atoms with Crippen LogP contribution in [0.5, 0.6) is 0 Å². The molecule has 1 N–H and O–H groups in total. The van der Waals surface area contributed by atoms with Gasteiger partial charge < -0.3 is 10.2 Å². The first-order chi connectivity index (χ1) is 11.6. The van der Waals surface area contributed by atoms with Crippen molar-refractivity contribution in [3.8, 4) is 0 Å². The Morgan fingerprint density at radius 2 is 1.88 bits per heavy atom. The molecule has 0 aliphatic heterocycles. The molecule has 0 bridgehead atoms. The minimum atomic E-state index is -0.0462. The molecule has 24 heavy (non-hydrogen) atoms. The van der Waals surface area contributed by atoms with Crippen LogP contribution in [-0.4, -0.2) is 31.4 Å². The highest BCUT2D eigenvalue weighted by Crippen LogP contribution is 2.27. The number of thiophene rings is 1. The van der Waals surface area contributed by atoms with Gasteiger partial charge in [0, 0.05) is 16.3 Å². The highest BCUT2D eigenvalue weighted by atomic mass is 35.5. The number of nitrogens with one attached hydrogen (secondary N) is 1. The Hall–Kier alpha value is -1.88. The van der Waals surface area contributed by atoms with Crippen LogP contribution in [0.2, 0.25) is 5.02 Å². The van der Waals surface area contributed by atoms with E-state index in [2.05, 4.69) is 10.2 Å². The van der Waals surface area contributed by atoms with Crippen molar-refractivity contribution in [2.24, 2.45) is 0 Å². The molecule has 0 spiro atoms. The topological polar surface area (TPSA) is 32.3 Å². The highest BCUT2D eigenvalue weighted by molar-refractivity contribution is 7.20. The van der Waals surface area contributed by atoms with Crippen LogP contribution in [0.4, 0.5) is 0 Å². The van der Waals surface area contributed by atoms with Gasteiger partial charge in [-0.2, -0.15) is 0 Å². The summed E-state index contributed by atoms with van der Waals surface area (Å²) < 4.78 is 1.12. The van der Waals surface area contributed by atoms with Crippen molar-refractivity contribution in [1.29, 1.82) is 0 Å². The van der Waals surface area contributed by atoms with Gasteiger partial charge in [-0.1, -0.05) is 48.0 Å². The fraction of sp³-hybridized carbons (Fsp3) is 0.211. The predicted octanol–water partition coefficient (Wildman–Crippen LogP) is 4.59. The van der Waals surface area contributed by atoms with Gasteiger partial charge in [-0.3, -0.25) is 4.79 Å². The van der Waals surface area contributed by atoms with E-state index in [9.17, 15) is 4.79 Å². The number of nitrogens with zero attached hydrogens (tertiary/aromatic N) is 1. The Labute approximate surface area is 150 Å². The second-order valence-corrected chi connectivity index (χ2v) is 7.35. The fourth-order valence-electron chi connectivity index (χ4n) is 2.69. The molecule has 1 unspecified atom stereocenters. The first-order valence-corrected chi connectivity index (χ1v) is 8.93. The molecular weight excluding hydrogens is 340 g/mol. The van der Waals surface area contributed by atoms with E-state index in [4.69, 9.17) is 11.6 Å². The molecule has 3 nitrogen and oxygen atoms in total. The lowest BCUT2D eigenvalue weighted by atomic mass is 10.1. The Bertz CT molecular complexity index is 826. The van der Waals surface area contributed by atoms with Crippen LogP contribution in [0.1, 0.15) is 21.3 Å². The lowest BCUT2D eigenvalue weighted by Crippen LogP contribution is -2.34. The zero-order valence-corrected chi connectivity index (χ0v) is 15.2. The van der Waals surface area contributed by atoms with Crippen LogP contribution in [0.3, 0.4) is 0 Å². The maximum atomic E-state index is 12.5. The predicted molar refractivity (Wildman–Crippen MR) is 102 cm³/mol. The summed E-state index contributed by atoms with van der Waals surface area (Å²) in [6, 6.07) is 17.7. The van der Waals surface area contributed by atoms with E-state index >= 15 is 0 Å². The molecule has 0 radical (unpaired) electrons. The van der Waals surface area contributed by atoms with Crippen molar-refractivity contribution in [3.05, 3.63) is 70.1 Å². The number of likely N-dealkylation sites (N-methyl/N-ethyl adjacent to an activating group) is 1. The van der Waals surface area contributed by atoms with E-state index in [1.54, 1.807) is 0 Å². The summed E-state index contributed by atoms with van der Waals surface area (Å²) in [5, 5.41) is 4.85. The molecule has 3 rings (SSSR count). The summed E-state index contributed by atoms with van der Waals surface area (Å²) in [5.41, 5.74) is 1.01. The van der Waals surface area contributed by atoms with Crippen LogP contribution >= 0.6 is 22.9 Å². The standard InChI is InChI=1S/C19H19ClN2OS/c1-22(2)16(14-8-4-5-9-15(14)20)12-21-19(23)18-11-13-7-3-6-10-17(13)24-18/h3-11,16H,12H2,1-2H3,(H,21,23). The number of hydrogen-bond donors (Lipinski definition) is 1. The van der Waals surface area contributed by atoms with E-state index in [1.165, 1.54) is 11.3 Å². The van der Waals surface area contributed by atoms with Crippen LogP contribution in [0.15, 0.2) is 54.6 Å². The number of hydrogen-bond acceptors (Lipinski definition) is 3. The van der Waals surface area contributed by atoms with Crippen molar-refractivity contribution < 1.29 is 4.79 Å². The molecule has 0 aliphatic carbocycles. The van der Waals surface area contributed by atoms with Crippen molar-refractivity contribution >= 4 is 38.9 Å². The van der Waals surface area contributed by atoms with Gasteiger partial charge in [-0.25, -0.2) is 0 Å². The summed E-state index contributed by atoms with van der Waals surface area (Å²) in [6.07, 6.45) is 0. The van der Waals surface area contributed by atoms with Gasteiger partial charge in [0.2, 0.25) is 0 Å². The van der Waals surface area contributed by atoms with Gasteiger partial charge in [0.1, 0.15) is 0 Å². The molecule has 2 aromatic carbocycles. The van der Waals surface area contributed by atoms with E-state index in [0.29, 0.717) is 11.6 Å². The van der Waals surface area contributed by atoms with Crippen molar-refractivity contribution in [3.63, 3.8) is 0 Å². The normalized spacial score (nSPS) is 12.5. The maximum Gasteiger partial charge on any atom is 0.261 e. The summed E-state index contributed by atoms with van der Waals surface area (Å²) in [7, 11) is 3.97. The van der Waals surface area contributed by atoms with Gasteiger partial charge in [0.25, 0.3) is 5.91 Å². The number of benzene rings is 2. The second-order valence-electron chi connectivity index (χ2n) is 5.86. The molecule has 0 fully saturated rings. The first kappa shape index (κ1) is 17.0. The SMILES string of the molecule is CN(C)C(CNC(=O)c1cc2ccccc2s1)c1ccccc1Cl. The number of rotatable bonds is 5. The number of fused-ring (bicyclic) bond motifs is 1. The second kappa shape index (κ2) is 7.34. The van der Waals surface area contributed by atoms with Gasteiger partial charge in [-0.15, -0.1) is 11.3 Å². The molecule has 0 saturated carbocycles. The quantitative estimate of drug-likeness (QED) is 0.723. The largest absolute Gasteiger partial charge is 0.349 e. The molecule has 1 aromatic heterocycles. The van der Waals surface area contributed by atoms with Crippen LogP contribution in [0.25, 0.3) is 10.1 Å². The smallest absolute Gasteiger partial charge is 0.261 e. The van der Waals surface area contributed by atoms with E-state index in [1.807, 2.05) is 68.7 Å². The third kappa shape index (κ3) is 3.61. The number of halogens is 1. The zero-order valence-electron chi connectivity index (χ0n) is 13.6. The summed E-state index contributed by atoms with van der Waals surface area (Å²) in [6.45, 7) is 0.504. The van der Waals surface area contributed by atoms with E-state index in [-0.39, 0.29) is 11.9 Å². The van der Waals surface area contributed by atoms with Crippen molar-refractivity contribution in [1.82, 2.24) is 10.2 Å². The number of carbonyl (C=O) groups excluding carboxylic acids is 1. The Kier molecular flexibility index (Phi) is 5.19. The molecule has 0 aliphatic rings. The molecule has 0 saturated heterocycles. The fourth-order valence-corrected chi connectivity index (χ4v) is 3.93. The summed E-state index contributed by atoms with van der Waals surface area (Å²) in [5.74, 6) is -0.0462. The first-order valence-electron chi connectivity index (χ1n) is 7.74. The molecular formula is C19H19ClN2OS. The molecule has 124 valence electrons. The lowest BCUT2D eigenvalue weighted by Gasteiger charge is -2.25. The molecule has 1 heterocycles. The van der Waals surface area contributed by atoms with Gasteiger partial charge in [-0.05, 0) is 43.2 Å². The van der Waals surface area contributed by atoms with E-state index < -0.39 is 0 Å². The Morgan fingerprint density at radius 3 is 2.58 bits per heavy atom. The number of amides is 1. The van der Waals surface area contributed by atoms with Crippen molar-refractivity contribution in [2.45, 2.75) is 6.04 Å². The number of carbonyl (C=O) groups is 1. The third-order valence-corrected chi connectivity index (χ3v) is 5.45. The minimum Gasteiger partial charge on any atom is -0.349 e. The lowest BCUT2D eigenvalue weighted by molar-refractivity contribution is 0.0946. The Morgan fingerprint density at radius 1 is 1.17 bits per heavy atom. The molecule has 5 heteroatoms. The van der Waals surface area contributed by atoms with Crippen LogP contribution in [-0.2, 0) is 0 Å². The zero-order chi connectivity index (χ0) is 17.1. The Balaban J connectivity index is 1.75. The summed E-state index contributed by atoms with van der Waals surface area (Å²) in [4.78, 5) is 15.3. The van der Waals surface area contributed by atoms with Crippen LogP contribution < -0.4 is 5.32 Å². The van der Waals surface area contributed by atoms with Crippen LogP contribution in [0, 0.1) is 0 Å². The molecule has 3 aromatic rings. The van der Waals surface area contributed by atoms with Crippen molar-refractivity contribution in [2.75, 3.05) is 20.6 Å². The molecule has 1 atom stereocenters.